The molecule has 0 aliphatic heterocycles. The molecule has 4 atom stereocenters. The van der Waals surface area contributed by atoms with Crippen molar-refractivity contribution < 1.29 is 4.74 Å². The third-order valence-electron chi connectivity index (χ3n) is 6.81. The molecule has 0 spiro atoms. The number of ether oxygens (including phenoxy) is 1. The van der Waals surface area contributed by atoms with Crippen LogP contribution in [0.2, 0.25) is 0 Å². The molecule has 0 saturated heterocycles. The van der Waals surface area contributed by atoms with Gasteiger partial charge in [-0.1, -0.05) is 62.4 Å². The zero-order chi connectivity index (χ0) is 18.6. The lowest BCUT2D eigenvalue weighted by molar-refractivity contribution is 0.124. The molecule has 0 heterocycles. The highest BCUT2D eigenvalue weighted by molar-refractivity contribution is 5.64. The summed E-state index contributed by atoms with van der Waals surface area (Å²) in [5, 5.41) is 0. The maximum Gasteiger partial charge on any atom is 0.119 e. The first kappa shape index (κ1) is 18.3. The molecular weight excluding hydrogens is 328 g/mol. The SMILES string of the molecule is C=CCOc1ccc(-c2ccc(C3CCC4CC(C)CCC4C3)cc2)cc1. The molecule has 1 heteroatoms. The van der Waals surface area contributed by atoms with Gasteiger partial charge >= 0.3 is 0 Å². The van der Waals surface area contributed by atoms with Gasteiger partial charge in [0.05, 0.1) is 0 Å². The molecule has 0 amide bonds. The maximum atomic E-state index is 5.58. The van der Waals surface area contributed by atoms with Gasteiger partial charge in [0, 0.05) is 0 Å². The van der Waals surface area contributed by atoms with Crippen LogP contribution < -0.4 is 4.74 Å². The quantitative estimate of drug-likeness (QED) is 0.511. The molecular formula is C26H32O. The van der Waals surface area contributed by atoms with Crippen LogP contribution in [-0.4, -0.2) is 6.61 Å². The molecule has 4 rings (SSSR count). The molecule has 0 N–H and O–H groups in total. The lowest BCUT2D eigenvalue weighted by atomic mass is 9.64. The summed E-state index contributed by atoms with van der Waals surface area (Å²) < 4.78 is 5.58. The van der Waals surface area contributed by atoms with Gasteiger partial charge < -0.3 is 4.74 Å². The minimum atomic E-state index is 0.552. The molecule has 2 aromatic rings. The fourth-order valence-corrected chi connectivity index (χ4v) is 5.27. The van der Waals surface area contributed by atoms with Crippen molar-refractivity contribution in [3.05, 3.63) is 66.7 Å². The monoisotopic (exact) mass is 360 g/mol. The van der Waals surface area contributed by atoms with Gasteiger partial charge in [-0.2, -0.15) is 0 Å². The van der Waals surface area contributed by atoms with E-state index >= 15 is 0 Å². The smallest absolute Gasteiger partial charge is 0.119 e. The van der Waals surface area contributed by atoms with Crippen molar-refractivity contribution in [1.82, 2.24) is 0 Å². The van der Waals surface area contributed by atoms with Crippen molar-refractivity contribution in [3.63, 3.8) is 0 Å². The Balaban J connectivity index is 1.41. The number of fused-ring (bicyclic) bond motifs is 1. The van der Waals surface area contributed by atoms with Crippen LogP contribution in [0.1, 0.15) is 56.9 Å². The second-order valence-corrected chi connectivity index (χ2v) is 8.69. The lowest BCUT2D eigenvalue weighted by Gasteiger charge is -2.41. The molecule has 1 nitrogen and oxygen atoms in total. The van der Waals surface area contributed by atoms with Gasteiger partial charge in [-0.3, -0.25) is 0 Å². The van der Waals surface area contributed by atoms with E-state index < -0.39 is 0 Å². The van der Waals surface area contributed by atoms with Crippen LogP contribution in [0.4, 0.5) is 0 Å². The Morgan fingerprint density at radius 2 is 1.48 bits per heavy atom. The van der Waals surface area contributed by atoms with Gasteiger partial charge in [0.1, 0.15) is 12.4 Å². The van der Waals surface area contributed by atoms with E-state index in [0.717, 1.165) is 29.4 Å². The number of rotatable bonds is 5. The van der Waals surface area contributed by atoms with Crippen LogP contribution in [0.3, 0.4) is 0 Å². The minimum Gasteiger partial charge on any atom is -0.490 e. The summed E-state index contributed by atoms with van der Waals surface area (Å²) in [5.74, 6) is 4.60. The second kappa shape index (κ2) is 8.33. The van der Waals surface area contributed by atoms with E-state index in [4.69, 9.17) is 4.74 Å². The normalized spacial score (nSPS) is 27.6. The Kier molecular flexibility index (Phi) is 5.66. The Labute approximate surface area is 164 Å². The summed E-state index contributed by atoms with van der Waals surface area (Å²) in [6.07, 6.45) is 10.4. The van der Waals surface area contributed by atoms with Gasteiger partial charge in [0.25, 0.3) is 0 Å². The lowest BCUT2D eigenvalue weighted by Crippen LogP contribution is -2.29. The number of benzene rings is 2. The fraction of sp³-hybridized carbons (Fsp3) is 0.462. The molecule has 0 bridgehead atoms. The average Bonchev–Trinajstić information content (AvgIpc) is 2.72. The van der Waals surface area contributed by atoms with E-state index in [1.165, 1.54) is 49.7 Å². The molecule has 142 valence electrons. The molecule has 2 fully saturated rings. The van der Waals surface area contributed by atoms with Crippen LogP contribution in [0, 0.1) is 17.8 Å². The summed E-state index contributed by atoms with van der Waals surface area (Å²) in [4.78, 5) is 0. The zero-order valence-electron chi connectivity index (χ0n) is 16.6. The van der Waals surface area contributed by atoms with Gasteiger partial charge in [-0.15, -0.1) is 0 Å². The Morgan fingerprint density at radius 1 is 0.852 bits per heavy atom. The van der Waals surface area contributed by atoms with Crippen LogP contribution in [0.15, 0.2) is 61.2 Å². The first-order valence-corrected chi connectivity index (χ1v) is 10.7. The molecule has 2 aromatic carbocycles. The second-order valence-electron chi connectivity index (χ2n) is 8.69. The predicted octanol–water partition coefficient (Wildman–Crippen LogP) is 7.24. The standard InChI is InChI=1S/C26H32O/c1-3-16-27-26-14-12-21(13-15-26)20-6-8-22(9-7-20)24-11-10-23-17-19(2)4-5-25(23)18-24/h3,6-9,12-15,19,23-25H,1,4-5,10-11,16-18H2,2H3. The summed E-state index contributed by atoms with van der Waals surface area (Å²) in [6.45, 7) is 6.68. The third-order valence-corrected chi connectivity index (χ3v) is 6.81. The van der Waals surface area contributed by atoms with Crippen LogP contribution in [0.25, 0.3) is 11.1 Å². The average molecular weight is 361 g/mol. The summed E-state index contributed by atoms with van der Waals surface area (Å²) >= 11 is 0. The van der Waals surface area contributed by atoms with Crippen molar-refractivity contribution in [2.75, 3.05) is 6.61 Å². The van der Waals surface area contributed by atoms with E-state index in [0.29, 0.717) is 6.61 Å². The van der Waals surface area contributed by atoms with Crippen LogP contribution >= 0.6 is 0 Å². The summed E-state index contributed by atoms with van der Waals surface area (Å²) in [7, 11) is 0. The van der Waals surface area contributed by atoms with E-state index in [2.05, 4.69) is 49.9 Å². The van der Waals surface area contributed by atoms with Gasteiger partial charge in [0.2, 0.25) is 0 Å². The first-order chi connectivity index (χ1) is 13.2. The number of hydrogen-bond acceptors (Lipinski definition) is 1. The van der Waals surface area contributed by atoms with Crippen molar-refractivity contribution in [2.45, 2.75) is 51.4 Å². The maximum absolute atomic E-state index is 5.58. The van der Waals surface area contributed by atoms with E-state index in [1.807, 2.05) is 12.1 Å². The highest BCUT2D eigenvalue weighted by Gasteiger charge is 2.34. The molecule has 0 aromatic heterocycles. The zero-order valence-corrected chi connectivity index (χ0v) is 16.6. The number of hydrogen-bond donors (Lipinski definition) is 0. The molecule has 2 saturated carbocycles. The molecule has 4 unspecified atom stereocenters. The Bertz CT molecular complexity index is 743. The van der Waals surface area contributed by atoms with Crippen molar-refractivity contribution in [1.29, 1.82) is 0 Å². The molecule has 27 heavy (non-hydrogen) atoms. The van der Waals surface area contributed by atoms with E-state index in [-0.39, 0.29) is 0 Å². The summed E-state index contributed by atoms with van der Waals surface area (Å²) in [5.41, 5.74) is 4.08. The van der Waals surface area contributed by atoms with E-state index in [1.54, 1.807) is 11.6 Å². The fourth-order valence-electron chi connectivity index (χ4n) is 5.27. The third kappa shape index (κ3) is 4.29. The van der Waals surface area contributed by atoms with Crippen molar-refractivity contribution in [2.24, 2.45) is 17.8 Å². The van der Waals surface area contributed by atoms with E-state index in [9.17, 15) is 0 Å². The van der Waals surface area contributed by atoms with Crippen molar-refractivity contribution >= 4 is 0 Å². The Hall–Kier alpha value is -2.02. The molecule has 2 aliphatic carbocycles. The topological polar surface area (TPSA) is 9.23 Å². The molecule has 0 radical (unpaired) electrons. The van der Waals surface area contributed by atoms with Gasteiger partial charge in [0.15, 0.2) is 0 Å². The van der Waals surface area contributed by atoms with Crippen molar-refractivity contribution in [3.8, 4) is 16.9 Å². The minimum absolute atomic E-state index is 0.552. The highest BCUT2D eigenvalue weighted by atomic mass is 16.5. The summed E-state index contributed by atoms with van der Waals surface area (Å²) in [6, 6.07) is 17.7. The van der Waals surface area contributed by atoms with Crippen LogP contribution in [0.5, 0.6) is 5.75 Å². The Morgan fingerprint density at radius 3 is 2.19 bits per heavy atom. The van der Waals surface area contributed by atoms with Crippen LogP contribution in [-0.2, 0) is 0 Å². The largest absolute Gasteiger partial charge is 0.490 e. The highest BCUT2D eigenvalue weighted by Crippen LogP contribution is 2.47. The predicted molar refractivity (Wildman–Crippen MR) is 114 cm³/mol. The first-order valence-electron chi connectivity index (χ1n) is 10.7. The van der Waals surface area contributed by atoms with Gasteiger partial charge in [-0.25, -0.2) is 0 Å². The molecule has 2 aliphatic rings. The van der Waals surface area contributed by atoms with Gasteiger partial charge in [-0.05, 0) is 84.6 Å².